The Hall–Kier alpha value is -3.35. The van der Waals surface area contributed by atoms with Crippen molar-refractivity contribution in [3.63, 3.8) is 0 Å². The number of ketones is 3. The van der Waals surface area contributed by atoms with E-state index in [0.29, 0.717) is 0 Å². The predicted octanol–water partition coefficient (Wildman–Crippen LogP) is 0.639. The Kier molecular flexibility index (Phi) is 5.89. The van der Waals surface area contributed by atoms with E-state index in [1.54, 1.807) is 6.92 Å². The molecule has 2 aromatic rings. The minimum Gasteiger partial charge on any atom is -0.507 e. The lowest BCUT2D eigenvalue weighted by atomic mass is 9.72. The first-order valence-electron chi connectivity index (χ1n) is 11.8. The van der Waals surface area contributed by atoms with Gasteiger partial charge in [-0.25, -0.2) is 0 Å². The zero-order chi connectivity index (χ0) is 27.0. The molecule has 0 bridgehead atoms. The lowest BCUT2D eigenvalue weighted by Crippen LogP contribution is -2.46. The molecule has 1 aliphatic heterocycles. The highest BCUT2D eigenvalue weighted by atomic mass is 16.7. The number of ether oxygens (including phenoxy) is 3. The maximum Gasteiger partial charge on any atom is 0.202 e. The third-order valence-corrected chi connectivity index (χ3v) is 7.59. The molecule has 0 unspecified atom stereocenters. The smallest absolute Gasteiger partial charge is 0.202 e. The number of benzene rings is 2. The molecule has 196 valence electrons. The molecule has 37 heavy (non-hydrogen) atoms. The minimum atomic E-state index is -2.03. The van der Waals surface area contributed by atoms with Crippen LogP contribution < -0.4 is 10.5 Å². The molecule has 11 heteroatoms. The van der Waals surface area contributed by atoms with E-state index in [9.17, 15) is 34.8 Å². The van der Waals surface area contributed by atoms with Crippen molar-refractivity contribution in [2.75, 3.05) is 7.11 Å². The van der Waals surface area contributed by atoms with Crippen LogP contribution in [0.15, 0.2) is 18.2 Å². The summed E-state index contributed by atoms with van der Waals surface area (Å²) in [5.41, 5.74) is 2.69. The number of nitrogens with two attached hydrogens (primary N) is 1. The van der Waals surface area contributed by atoms with Gasteiger partial charge in [0.1, 0.15) is 29.0 Å². The number of aromatic hydroxyl groups is 2. The summed E-state index contributed by atoms with van der Waals surface area (Å²) in [5, 5.41) is 44.3. The van der Waals surface area contributed by atoms with Gasteiger partial charge in [0.25, 0.3) is 0 Å². The second-order valence-electron chi connectivity index (χ2n) is 9.75. The highest BCUT2D eigenvalue weighted by Crippen LogP contribution is 2.52. The molecule has 1 heterocycles. The summed E-state index contributed by atoms with van der Waals surface area (Å²) < 4.78 is 16.8. The van der Waals surface area contributed by atoms with Crippen LogP contribution in [0.3, 0.4) is 0 Å². The van der Waals surface area contributed by atoms with Gasteiger partial charge in [-0.1, -0.05) is 12.1 Å². The summed E-state index contributed by atoms with van der Waals surface area (Å²) in [6.07, 6.45) is -5.26. The minimum absolute atomic E-state index is 0.0256. The van der Waals surface area contributed by atoms with Gasteiger partial charge in [0, 0.05) is 29.5 Å². The van der Waals surface area contributed by atoms with E-state index in [1.165, 1.54) is 25.3 Å². The van der Waals surface area contributed by atoms with E-state index >= 15 is 0 Å². The van der Waals surface area contributed by atoms with Crippen molar-refractivity contribution in [1.29, 1.82) is 0 Å². The molecule has 2 aromatic carbocycles. The fourth-order valence-corrected chi connectivity index (χ4v) is 5.42. The van der Waals surface area contributed by atoms with Crippen molar-refractivity contribution in [2.24, 2.45) is 5.73 Å². The number of rotatable bonds is 4. The first kappa shape index (κ1) is 25.3. The number of aliphatic hydroxyl groups excluding tert-OH is 1. The summed E-state index contributed by atoms with van der Waals surface area (Å²) >= 11 is 0. The van der Waals surface area contributed by atoms with E-state index in [1.807, 2.05) is 0 Å². The first-order valence-corrected chi connectivity index (χ1v) is 11.8. The van der Waals surface area contributed by atoms with Crippen LogP contribution >= 0.6 is 0 Å². The van der Waals surface area contributed by atoms with Gasteiger partial charge >= 0.3 is 0 Å². The number of aliphatic hydroxyl groups is 2. The molecular weight excluding hydrogens is 486 g/mol. The Morgan fingerprint density at radius 2 is 1.81 bits per heavy atom. The van der Waals surface area contributed by atoms with E-state index in [4.69, 9.17) is 19.9 Å². The molecule has 2 aliphatic carbocycles. The van der Waals surface area contributed by atoms with Crippen LogP contribution in [0.25, 0.3) is 0 Å². The van der Waals surface area contributed by atoms with Crippen molar-refractivity contribution in [2.45, 2.75) is 62.9 Å². The highest BCUT2D eigenvalue weighted by Gasteiger charge is 2.50. The lowest BCUT2D eigenvalue weighted by Gasteiger charge is -2.39. The van der Waals surface area contributed by atoms with Crippen molar-refractivity contribution in [3.8, 4) is 17.2 Å². The highest BCUT2D eigenvalue weighted by molar-refractivity contribution is 6.31. The Labute approximate surface area is 211 Å². The van der Waals surface area contributed by atoms with Crippen LogP contribution in [0.2, 0.25) is 0 Å². The second-order valence-corrected chi connectivity index (χ2v) is 9.75. The van der Waals surface area contributed by atoms with Gasteiger partial charge in [-0.3, -0.25) is 14.4 Å². The third-order valence-electron chi connectivity index (χ3n) is 7.59. The van der Waals surface area contributed by atoms with Crippen molar-refractivity contribution >= 4 is 17.3 Å². The molecule has 0 aromatic heterocycles. The topological polar surface area (TPSA) is 186 Å². The quantitative estimate of drug-likeness (QED) is 0.308. The maximum absolute atomic E-state index is 13.6. The number of Topliss-reactive ketones (excluding diaryl/α,β-unsaturated/α-hetero) is 1. The van der Waals surface area contributed by atoms with Gasteiger partial charge < -0.3 is 40.4 Å². The number of methoxy groups -OCH3 is 1. The zero-order valence-electron chi connectivity index (χ0n) is 20.3. The molecular formula is C26H27NO10. The van der Waals surface area contributed by atoms with Crippen LogP contribution in [-0.4, -0.2) is 75.0 Å². The summed E-state index contributed by atoms with van der Waals surface area (Å²) in [6, 6.07) is 3.62. The molecule has 0 radical (unpaired) electrons. The number of hydrogen-bond donors (Lipinski definition) is 5. The summed E-state index contributed by atoms with van der Waals surface area (Å²) in [5.74, 6) is -3.31. The average molecular weight is 513 g/mol. The third kappa shape index (κ3) is 3.57. The van der Waals surface area contributed by atoms with Gasteiger partial charge in [0.2, 0.25) is 5.78 Å². The molecule has 5 rings (SSSR count). The van der Waals surface area contributed by atoms with Crippen LogP contribution in [0.4, 0.5) is 0 Å². The van der Waals surface area contributed by atoms with Crippen molar-refractivity contribution in [3.05, 3.63) is 51.6 Å². The molecule has 3 aliphatic rings. The standard InChI is InChI=1S/C26H27NO10/c1-9-19(27)24(33)25(36-9)37-14-8-26(34,10(2)28)7-12-16(14)23(32)18-17(21(12)30)20(29)11-5-4-6-13(35-3)15(11)22(18)31/h4-6,9,14,19,24-25,30,32-34H,7-8,27H2,1-3H3/t9-,14+,19-,24-,25+,26+/m1/s1. The molecule has 0 spiro atoms. The molecule has 11 nitrogen and oxygen atoms in total. The van der Waals surface area contributed by atoms with E-state index < -0.39 is 82.6 Å². The SMILES string of the molecule is COc1cccc2c1C(=O)c1c(O)c3c(c(O)c1C2=O)C[C@@](O)(C(C)=O)C[C@@H]3O[C@@H]1O[C@H](C)[C@@H](N)[C@H]1O. The Balaban J connectivity index is 1.72. The molecule has 1 saturated heterocycles. The van der Waals surface area contributed by atoms with Gasteiger partial charge in [-0.15, -0.1) is 0 Å². The monoisotopic (exact) mass is 513 g/mol. The van der Waals surface area contributed by atoms with Gasteiger partial charge in [0.05, 0.1) is 42.0 Å². The number of phenols is 2. The van der Waals surface area contributed by atoms with E-state index in [0.717, 1.165) is 6.92 Å². The van der Waals surface area contributed by atoms with Crippen LogP contribution in [0, 0.1) is 0 Å². The summed E-state index contributed by atoms with van der Waals surface area (Å²) in [4.78, 5) is 39.5. The summed E-state index contributed by atoms with van der Waals surface area (Å²) in [6.45, 7) is 2.79. The van der Waals surface area contributed by atoms with Gasteiger partial charge in [-0.2, -0.15) is 0 Å². The fourth-order valence-electron chi connectivity index (χ4n) is 5.42. The van der Waals surface area contributed by atoms with E-state index in [-0.39, 0.29) is 34.4 Å². The van der Waals surface area contributed by atoms with Crippen molar-refractivity contribution in [1.82, 2.24) is 0 Å². The number of hydrogen-bond acceptors (Lipinski definition) is 11. The summed E-state index contributed by atoms with van der Waals surface area (Å²) in [7, 11) is 1.33. The molecule has 6 atom stereocenters. The number of fused-ring (bicyclic) bond motifs is 3. The van der Waals surface area contributed by atoms with Gasteiger partial charge in [-0.05, 0) is 19.9 Å². The first-order chi connectivity index (χ1) is 17.4. The number of carbonyl (C=O) groups excluding carboxylic acids is 3. The fraction of sp³-hybridized carbons (Fsp3) is 0.423. The molecule has 0 amide bonds. The molecule has 0 saturated carbocycles. The Morgan fingerprint density at radius 3 is 2.41 bits per heavy atom. The maximum atomic E-state index is 13.6. The normalized spacial score (nSPS) is 30.5. The van der Waals surface area contributed by atoms with Crippen LogP contribution in [-0.2, 0) is 20.7 Å². The van der Waals surface area contributed by atoms with E-state index in [2.05, 4.69) is 0 Å². The van der Waals surface area contributed by atoms with Crippen LogP contribution in [0.1, 0.15) is 69.3 Å². The Bertz CT molecular complexity index is 1350. The van der Waals surface area contributed by atoms with Crippen LogP contribution in [0.5, 0.6) is 17.2 Å². The zero-order valence-corrected chi connectivity index (χ0v) is 20.3. The lowest BCUT2D eigenvalue weighted by molar-refractivity contribution is -0.203. The molecule has 6 N–H and O–H groups in total. The van der Waals surface area contributed by atoms with Crippen molar-refractivity contribution < 1.29 is 49.0 Å². The number of phenolic OH excluding ortho intramolecular Hbond substituents is 2. The second kappa shape index (κ2) is 8.61. The average Bonchev–Trinajstić information content (AvgIpc) is 3.10. The number of carbonyl (C=O) groups is 3. The molecule has 1 fully saturated rings. The largest absolute Gasteiger partial charge is 0.507 e. The predicted molar refractivity (Wildman–Crippen MR) is 126 cm³/mol. The Morgan fingerprint density at radius 1 is 1.14 bits per heavy atom. The van der Waals surface area contributed by atoms with Gasteiger partial charge in [0.15, 0.2) is 17.9 Å².